The zero-order valence-electron chi connectivity index (χ0n) is 9.29. The van der Waals surface area contributed by atoms with E-state index < -0.39 is 0 Å². The summed E-state index contributed by atoms with van der Waals surface area (Å²) in [6, 6.07) is 0.540. The molecule has 0 aromatic carbocycles. The van der Waals surface area contributed by atoms with E-state index in [0.29, 0.717) is 6.04 Å². The molecule has 0 atom stereocenters. The molecule has 0 saturated heterocycles. The molecule has 15 heavy (non-hydrogen) atoms. The minimum absolute atomic E-state index is 0.0330. The lowest BCUT2D eigenvalue weighted by molar-refractivity contribution is 0.232. The largest absolute Gasteiger partial charge is 0.313 e. The van der Waals surface area contributed by atoms with E-state index >= 15 is 0 Å². The molecule has 2 heterocycles. The molecule has 0 unspecified atom stereocenters. The van der Waals surface area contributed by atoms with Crippen molar-refractivity contribution in [1.29, 1.82) is 0 Å². The van der Waals surface area contributed by atoms with Gasteiger partial charge in [-0.05, 0) is 20.3 Å². The highest BCUT2D eigenvalue weighted by Crippen LogP contribution is 2.11. The predicted octanol–water partition coefficient (Wildman–Crippen LogP) is 0.579. The van der Waals surface area contributed by atoms with Crippen LogP contribution in [0.5, 0.6) is 0 Å². The summed E-state index contributed by atoms with van der Waals surface area (Å²) in [6.45, 7) is 6.34. The molecule has 2 rings (SSSR count). The van der Waals surface area contributed by atoms with Gasteiger partial charge in [-0.3, -0.25) is 4.79 Å². The number of H-pyrrole nitrogens is 1. The molecule has 4 nitrogen and oxygen atoms in total. The highest BCUT2D eigenvalue weighted by atomic mass is 16.1. The van der Waals surface area contributed by atoms with Crippen LogP contribution < -0.4 is 5.56 Å². The van der Waals surface area contributed by atoms with E-state index in [0.717, 1.165) is 37.2 Å². The van der Waals surface area contributed by atoms with Gasteiger partial charge in [-0.1, -0.05) is 0 Å². The topological polar surface area (TPSA) is 49.0 Å². The van der Waals surface area contributed by atoms with Gasteiger partial charge >= 0.3 is 0 Å². The smallest absolute Gasteiger partial charge is 0.254 e. The van der Waals surface area contributed by atoms with Crippen LogP contribution in [-0.4, -0.2) is 34.0 Å². The van der Waals surface area contributed by atoms with Gasteiger partial charge in [0.15, 0.2) is 0 Å². The summed E-state index contributed by atoms with van der Waals surface area (Å²) in [5.41, 5.74) is 1.88. The Labute approximate surface area is 89.3 Å². The Morgan fingerprint density at radius 2 is 2.13 bits per heavy atom. The minimum Gasteiger partial charge on any atom is -0.313 e. The molecule has 82 valence electrons. The van der Waals surface area contributed by atoms with Crippen molar-refractivity contribution in [2.75, 3.05) is 13.1 Å². The van der Waals surface area contributed by atoms with Crippen LogP contribution in [0.4, 0.5) is 0 Å². The van der Waals surface area contributed by atoms with Crippen LogP contribution in [0, 0.1) is 0 Å². The number of fused-ring (bicyclic) bond motifs is 1. The Morgan fingerprint density at radius 1 is 1.40 bits per heavy atom. The highest BCUT2D eigenvalue weighted by molar-refractivity contribution is 5.18. The molecule has 1 N–H and O–H groups in total. The van der Waals surface area contributed by atoms with Gasteiger partial charge < -0.3 is 9.88 Å². The SMILES string of the molecule is CC(C)N1CCc2nc[nH]c(=O)c2CC1. The molecular weight excluding hydrogens is 190 g/mol. The van der Waals surface area contributed by atoms with E-state index in [1.165, 1.54) is 6.33 Å². The molecule has 0 radical (unpaired) electrons. The summed E-state index contributed by atoms with van der Waals surface area (Å²) in [6.07, 6.45) is 3.21. The molecule has 0 bridgehead atoms. The van der Waals surface area contributed by atoms with E-state index in [2.05, 4.69) is 28.7 Å². The maximum absolute atomic E-state index is 11.6. The van der Waals surface area contributed by atoms with Crippen molar-refractivity contribution < 1.29 is 0 Å². The second kappa shape index (κ2) is 4.14. The highest BCUT2D eigenvalue weighted by Gasteiger charge is 2.18. The van der Waals surface area contributed by atoms with Gasteiger partial charge in [-0.15, -0.1) is 0 Å². The van der Waals surface area contributed by atoms with Crippen LogP contribution in [-0.2, 0) is 12.8 Å². The fourth-order valence-corrected chi connectivity index (χ4v) is 2.07. The Morgan fingerprint density at radius 3 is 2.87 bits per heavy atom. The minimum atomic E-state index is 0.0330. The number of hydrogen-bond acceptors (Lipinski definition) is 3. The Balaban J connectivity index is 2.26. The zero-order chi connectivity index (χ0) is 10.8. The maximum atomic E-state index is 11.6. The third kappa shape index (κ3) is 2.09. The molecule has 1 aliphatic rings. The average molecular weight is 207 g/mol. The maximum Gasteiger partial charge on any atom is 0.254 e. The first-order valence-corrected chi connectivity index (χ1v) is 5.48. The van der Waals surface area contributed by atoms with Crippen LogP contribution in [0.25, 0.3) is 0 Å². The molecule has 4 heteroatoms. The molecule has 0 amide bonds. The lowest BCUT2D eigenvalue weighted by Crippen LogP contribution is -2.33. The monoisotopic (exact) mass is 207 g/mol. The van der Waals surface area contributed by atoms with Gasteiger partial charge in [-0.25, -0.2) is 4.98 Å². The van der Waals surface area contributed by atoms with E-state index in [1.807, 2.05) is 0 Å². The van der Waals surface area contributed by atoms with Gasteiger partial charge in [0.1, 0.15) is 0 Å². The van der Waals surface area contributed by atoms with Crippen LogP contribution in [0.1, 0.15) is 25.1 Å². The predicted molar refractivity (Wildman–Crippen MR) is 59.0 cm³/mol. The number of hydrogen-bond donors (Lipinski definition) is 1. The molecule has 0 fully saturated rings. The number of nitrogens with zero attached hydrogens (tertiary/aromatic N) is 2. The van der Waals surface area contributed by atoms with Gasteiger partial charge in [0.2, 0.25) is 0 Å². The van der Waals surface area contributed by atoms with Crippen molar-refractivity contribution in [2.24, 2.45) is 0 Å². The standard InChI is InChI=1S/C11H17N3O/c1-8(2)14-5-3-9-10(4-6-14)12-7-13-11(9)15/h7-8H,3-6H2,1-2H3,(H,12,13,15). The van der Waals surface area contributed by atoms with Crippen molar-refractivity contribution in [3.05, 3.63) is 27.9 Å². The Kier molecular flexibility index (Phi) is 2.86. The third-order valence-electron chi connectivity index (χ3n) is 3.05. The fraction of sp³-hybridized carbons (Fsp3) is 0.636. The second-order valence-corrected chi connectivity index (χ2v) is 4.29. The molecular formula is C11H17N3O. The molecule has 1 aromatic rings. The summed E-state index contributed by atoms with van der Waals surface area (Å²) in [5, 5.41) is 0. The van der Waals surface area contributed by atoms with E-state index in [9.17, 15) is 4.79 Å². The molecule has 0 aliphatic carbocycles. The number of aromatic nitrogens is 2. The summed E-state index contributed by atoms with van der Waals surface area (Å²) in [4.78, 5) is 20.9. The van der Waals surface area contributed by atoms with Gasteiger partial charge in [-0.2, -0.15) is 0 Å². The summed E-state index contributed by atoms with van der Waals surface area (Å²) >= 11 is 0. The second-order valence-electron chi connectivity index (χ2n) is 4.29. The lowest BCUT2D eigenvalue weighted by atomic mass is 10.1. The Bertz CT molecular complexity index is 397. The normalized spacial score (nSPS) is 17.5. The van der Waals surface area contributed by atoms with Crippen LogP contribution in [0.3, 0.4) is 0 Å². The van der Waals surface area contributed by atoms with E-state index in [-0.39, 0.29) is 5.56 Å². The quantitative estimate of drug-likeness (QED) is 0.732. The number of nitrogens with one attached hydrogen (secondary N) is 1. The first-order valence-electron chi connectivity index (χ1n) is 5.48. The first-order chi connectivity index (χ1) is 7.18. The van der Waals surface area contributed by atoms with Crippen molar-refractivity contribution in [2.45, 2.75) is 32.7 Å². The number of rotatable bonds is 1. The fourth-order valence-electron chi connectivity index (χ4n) is 2.07. The molecule has 0 saturated carbocycles. The molecule has 1 aliphatic heterocycles. The van der Waals surface area contributed by atoms with Crippen molar-refractivity contribution in [1.82, 2.24) is 14.9 Å². The van der Waals surface area contributed by atoms with Gasteiger partial charge in [0.25, 0.3) is 5.56 Å². The van der Waals surface area contributed by atoms with Gasteiger partial charge in [0.05, 0.1) is 12.0 Å². The molecule has 0 spiro atoms. The average Bonchev–Trinajstić information content (AvgIpc) is 2.41. The number of aromatic amines is 1. The van der Waals surface area contributed by atoms with Crippen LogP contribution in [0.15, 0.2) is 11.1 Å². The van der Waals surface area contributed by atoms with Crippen LogP contribution >= 0.6 is 0 Å². The van der Waals surface area contributed by atoms with Gasteiger partial charge in [0, 0.05) is 31.1 Å². The summed E-state index contributed by atoms with van der Waals surface area (Å²) in [7, 11) is 0. The first kappa shape index (κ1) is 10.4. The van der Waals surface area contributed by atoms with Crippen molar-refractivity contribution in [3.8, 4) is 0 Å². The van der Waals surface area contributed by atoms with Crippen molar-refractivity contribution >= 4 is 0 Å². The molecule has 1 aromatic heterocycles. The summed E-state index contributed by atoms with van der Waals surface area (Å²) in [5.74, 6) is 0. The lowest BCUT2D eigenvalue weighted by Gasteiger charge is -2.23. The van der Waals surface area contributed by atoms with E-state index in [4.69, 9.17) is 0 Å². The third-order valence-corrected chi connectivity index (χ3v) is 3.05. The van der Waals surface area contributed by atoms with Crippen LogP contribution in [0.2, 0.25) is 0 Å². The van der Waals surface area contributed by atoms with E-state index in [1.54, 1.807) is 0 Å². The van der Waals surface area contributed by atoms with Crippen molar-refractivity contribution in [3.63, 3.8) is 0 Å². The zero-order valence-corrected chi connectivity index (χ0v) is 9.29. The Hall–Kier alpha value is -1.16. The summed E-state index contributed by atoms with van der Waals surface area (Å²) < 4.78 is 0.